The molecule has 0 unspecified atom stereocenters. The summed E-state index contributed by atoms with van der Waals surface area (Å²) in [6.45, 7) is 0.219. The van der Waals surface area contributed by atoms with Gasteiger partial charge in [-0.05, 0) is 48.7 Å². The van der Waals surface area contributed by atoms with E-state index in [1.54, 1.807) is 30.5 Å². The zero-order valence-corrected chi connectivity index (χ0v) is 14.8. The Morgan fingerprint density at radius 1 is 1.19 bits per heavy atom. The van der Waals surface area contributed by atoms with Crippen LogP contribution in [0.1, 0.15) is 41.6 Å². The van der Waals surface area contributed by atoms with Gasteiger partial charge in [0, 0.05) is 17.6 Å². The molecular weight excluding hydrogens is 345 g/mol. The van der Waals surface area contributed by atoms with Gasteiger partial charge in [-0.1, -0.05) is 25.0 Å². The molecule has 27 heavy (non-hydrogen) atoms. The van der Waals surface area contributed by atoms with Crippen LogP contribution < -0.4 is 10.9 Å². The lowest BCUT2D eigenvalue weighted by Crippen LogP contribution is -2.38. The third-order valence-corrected chi connectivity index (χ3v) is 5.04. The van der Waals surface area contributed by atoms with Crippen molar-refractivity contribution in [3.8, 4) is 0 Å². The van der Waals surface area contributed by atoms with Crippen molar-refractivity contribution in [3.05, 3.63) is 76.0 Å². The monoisotopic (exact) mass is 365 g/mol. The molecule has 0 atom stereocenters. The summed E-state index contributed by atoms with van der Waals surface area (Å²) in [5.41, 5.74) is 0.994. The van der Waals surface area contributed by atoms with Crippen LogP contribution in [-0.2, 0) is 6.54 Å². The first-order valence-corrected chi connectivity index (χ1v) is 9.16. The number of pyridine rings is 2. The Morgan fingerprint density at radius 2 is 1.93 bits per heavy atom. The van der Waals surface area contributed by atoms with Crippen molar-refractivity contribution in [3.63, 3.8) is 0 Å². The Morgan fingerprint density at radius 3 is 2.67 bits per heavy atom. The molecular formula is C21H20FN3O2. The quantitative estimate of drug-likeness (QED) is 0.772. The molecule has 1 N–H and O–H groups in total. The Labute approximate surface area is 155 Å². The van der Waals surface area contributed by atoms with Crippen molar-refractivity contribution < 1.29 is 9.18 Å². The molecule has 0 spiro atoms. The molecule has 1 aliphatic rings. The van der Waals surface area contributed by atoms with Gasteiger partial charge in [-0.2, -0.15) is 0 Å². The molecule has 2 heterocycles. The number of aromatic nitrogens is 2. The highest BCUT2D eigenvalue weighted by molar-refractivity contribution is 5.97. The maximum atomic E-state index is 13.2. The number of amides is 1. The van der Waals surface area contributed by atoms with Crippen molar-refractivity contribution in [2.24, 2.45) is 0 Å². The van der Waals surface area contributed by atoms with E-state index >= 15 is 0 Å². The van der Waals surface area contributed by atoms with Crippen LogP contribution in [-0.4, -0.2) is 21.5 Å². The summed E-state index contributed by atoms with van der Waals surface area (Å²) in [4.78, 5) is 30.1. The number of fused-ring (bicyclic) bond motifs is 1. The zero-order chi connectivity index (χ0) is 18.8. The molecule has 1 fully saturated rings. The summed E-state index contributed by atoms with van der Waals surface area (Å²) in [5, 5.41) is 3.70. The van der Waals surface area contributed by atoms with Crippen molar-refractivity contribution in [1.29, 1.82) is 0 Å². The Kier molecular flexibility index (Phi) is 4.71. The van der Waals surface area contributed by atoms with Crippen LogP contribution in [0.4, 0.5) is 4.39 Å². The van der Waals surface area contributed by atoms with Gasteiger partial charge in [-0.3, -0.25) is 14.2 Å². The van der Waals surface area contributed by atoms with Crippen LogP contribution in [0.3, 0.4) is 0 Å². The summed E-state index contributed by atoms with van der Waals surface area (Å²) in [5.74, 6) is -0.677. The van der Waals surface area contributed by atoms with Crippen LogP contribution in [0.15, 0.2) is 53.5 Å². The fourth-order valence-electron chi connectivity index (χ4n) is 3.62. The number of carbonyl (C=O) groups excluding carboxylic acids is 1. The van der Waals surface area contributed by atoms with E-state index in [0.717, 1.165) is 36.6 Å². The van der Waals surface area contributed by atoms with Gasteiger partial charge < -0.3 is 5.32 Å². The van der Waals surface area contributed by atoms with E-state index in [1.807, 2.05) is 6.07 Å². The molecule has 1 saturated carbocycles. The minimum absolute atomic E-state index is 0.115. The van der Waals surface area contributed by atoms with Gasteiger partial charge in [0.1, 0.15) is 17.0 Å². The number of nitrogens with zero attached hydrogens (tertiary/aromatic N) is 2. The van der Waals surface area contributed by atoms with Crippen LogP contribution >= 0.6 is 0 Å². The predicted octanol–water partition coefficient (Wildman–Crippen LogP) is 3.26. The maximum Gasteiger partial charge on any atom is 0.265 e. The number of rotatable bonds is 4. The number of carbonyl (C=O) groups is 1. The highest BCUT2D eigenvalue weighted by Crippen LogP contribution is 2.18. The molecule has 0 radical (unpaired) electrons. The van der Waals surface area contributed by atoms with Gasteiger partial charge >= 0.3 is 0 Å². The maximum absolute atomic E-state index is 13.2. The first-order chi connectivity index (χ1) is 13.1. The molecule has 5 nitrogen and oxygen atoms in total. The number of hydrogen-bond acceptors (Lipinski definition) is 3. The Balaban J connectivity index is 1.76. The Hall–Kier alpha value is -3.02. The second-order valence-electron chi connectivity index (χ2n) is 6.95. The highest BCUT2D eigenvalue weighted by Gasteiger charge is 2.21. The van der Waals surface area contributed by atoms with Gasteiger partial charge in [0.25, 0.3) is 11.5 Å². The summed E-state index contributed by atoms with van der Waals surface area (Å²) >= 11 is 0. The molecule has 0 saturated heterocycles. The van der Waals surface area contributed by atoms with Crippen molar-refractivity contribution in [1.82, 2.24) is 14.9 Å². The van der Waals surface area contributed by atoms with Crippen molar-refractivity contribution in [2.75, 3.05) is 0 Å². The number of halogens is 1. The van der Waals surface area contributed by atoms with Gasteiger partial charge in [-0.15, -0.1) is 0 Å². The molecule has 0 bridgehead atoms. The van der Waals surface area contributed by atoms with Crippen molar-refractivity contribution in [2.45, 2.75) is 38.3 Å². The molecule has 2 aromatic heterocycles. The van der Waals surface area contributed by atoms with Crippen LogP contribution in [0.2, 0.25) is 0 Å². The van der Waals surface area contributed by atoms with E-state index in [9.17, 15) is 14.0 Å². The molecule has 138 valence electrons. The third kappa shape index (κ3) is 3.60. The molecule has 6 heteroatoms. The van der Waals surface area contributed by atoms with E-state index < -0.39 is 0 Å². The molecule has 0 aliphatic heterocycles. The molecule has 3 aromatic rings. The van der Waals surface area contributed by atoms with Gasteiger partial charge in [0.15, 0.2) is 0 Å². The van der Waals surface area contributed by atoms with Crippen LogP contribution in [0, 0.1) is 5.82 Å². The van der Waals surface area contributed by atoms with E-state index in [0.29, 0.717) is 5.65 Å². The first kappa shape index (κ1) is 17.4. The van der Waals surface area contributed by atoms with E-state index in [1.165, 1.54) is 16.7 Å². The lowest BCUT2D eigenvalue weighted by atomic mass is 10.1. The fourth-order valence-corrected chi connectivity index (χ4v) is 3.62. The summed E-state index contributed by atoms with van der Waals surface area (Å²) in [7, 11) is 0. The fraction of sp³-hybridized carbons (Fsp3) is 0.286. The average molecular weight is 365 g/mol. The van der Waals surface area contributed by atoms with Crippen molar-refractivity contribution >= 4 is 16.9 Å². The second kappa shape index (κ2) is 7.31. The largest absolute Gasteiger partial charge is 0.349 e. The topological polar surface area (TPSA) is 64.0 Å². The van der Waals surface area contributed by atoms with Crippen LogP contribution in [0.25, 0.3) is 11.0 Å². The van der Waals surface area contributed by atoms with Crippen LogP contribution in [0.5, 0.6) is 0 Å². The zero-order valence-electron chi connectivity index (χ0n) is 14.8. The summed E-state index contributed by atoms with van der Waals surface area (Å²) < 4.78 is 14.7. The summed E-state index contributed by atoms with van der Waals surface area (Å²) in [6.07, 6.45) is 5.71. The molecule has 1 amide bonds. The van der Waals surface area contributed by atoms with Gasteiger partial charge in [0.2, 0.25) is 0 Å². The van der Waals surface area contributed by atoms with E-state index in [-0.39, 0.29) is 35.4 Å². The lowest BCUT2D eigenvalue weighted by molar-refractivity contribution is 0.0936. The predicted molar refractivity (Wildman–Crippen MR) is 101 cm³/mol. The smallest absolute Gasteiger partial charge is 0.265 e. The van der Waals surface area contributed by atoms with E-state index in [2.05, 4.69) is 10.3 Å². The highest BCUT2D eigenvalue weighted by atomic mass is 19.1. The standard InChI is InChI=1S/C21H20FN3O2/c22-16-9-7-14(8-10-16)13-25-19-15(4-3-11-23-19)12-18(21(25)27)20(26)24-17-5-1-2-6-17/h3-4,7-12,17H,1-2,5-6,13H2,(H,24,26). The number of hydrogen-bond donors (Lipinski definition) is 1. The molecule has 1 aromatic carbocycles. The first-order valence-electron chi connectivity index (χ1n) is 9.16. The Bertz CT molecular complexity index is 1040. The van der Waals surface area contributed by atoms with E-state index in [4.69, 9.17) is 0 Å². The number of benzene rings is 1. The average Bonchev–Trinajstić information content (AvgIpc) is 3.18. The van der Waals surface area contributed by atoms with Gasteiger partial charge in [-0.25, -0.2) is 9.37 Å². The normalized spacial score (nSPS) is 14.6. The molecule has 4 rings (SSSR count). The minimum Gasteiger partial charge on any atom is -0.349 e. The second-order valence-corrected chi connectivity index (χ2v) is 6.95. The SMILES string of the molecule is O=C(NC1CCCC1)c1cc2cccnc2n(Cc2ccc(F)cc2)c1=O. The number of nitrogens with one attached hydrogen (secondary N) is 1. The summed E-state index contributed by atoms with van der Waals surface area (Å²) in [6, 6.07) is 11.3. The molecule has 1 aliphatic carbocycles. The van der Waals surface area contributed by atoms with Gasteiger partial charge in [0.05, 0.1) is 6.54 Å². The lowest BCUT2D eigenvalue weighted by Gasteiger charge is -2.15. The third-order valence-electron chi connectivity index (χ3n) is 5.04. The minimum atomic E-state index is -0.388.